The van der Waals surface area contributed by atoms with Gasteiger partial charge in [0.25, 0.3) is 8.53 Å². The molecule has 13 nitrogen and oxygen atoms in total. The van der Waals surface area contributed by atoms with Gasteiger partial charge in [0.15, 0.2) is 17.8 Å². The summed E-state index contributed by atoms with van der Waals surface area (Å²) >= 11 is 0. The molecule has 0 saturated carbocycles. The second-order valence-electron chi connectivity index (χ2n) is 6.52. The molecule has 0 radical (unpaired) electrons. The predicted molar refractivity (Wildman–Crippen MR) is 116 cm³/mol. The molecule has 0 bridgehead atoms. The number of rotatable bonds is 15. The fraction of sp³-hybridized carbons (Fsp3) is 0.611. The number of aromatic nitrogens is 4. The van der Waals surface area contributed by atoms with E-state index in [4.69, 9.17) is 29.0 Å². The number of esters is 1. The van der Waals surface area contributed by atoms with Crippen LogP contribution in [0.2, 0.25) is 0 Å². The Balaban J connectivity index is 2.00. The highest BCUT2D eigenvalue weighted by atomic mass is 31.2. The second kappa shape index (κ2) is 13.2. The van der Waals surface area contributed by atoms with Crippen LogP contribution in [0.3, 0.4) is 0 Å². The Morgan fingerprint density at radius 2 is 2.12 bits per heavy atom. The minimum atomic E-state index is -1.69. The van der Waals surface area contributed by atoms with Crippen molar-refractivity contribution in [1.82, 2.24) is 24.6 Å². The highest BCUT2D eigenvalue weighted by Gasteiger charge is 2.22. The summed E-state index contributed by atoms with van der Waals surface area (Å²) in [7, 11) is 1.36. The molecule has 0 aliphatic heterocycles. The number of imidazole rings is 1. The molecule has 3 atom stereocenters. The van der Waals surface area contributed by atoms with Crippen LogP contribution in [0, 0.1) is 0 Å². The smallest absolute Gasteiger partial charge is 0.332 e. The maximum Gasteiger partial charge on any atom is 0.332 e. The maximum atomic E-state index is 11.5. The first-order chi connectivity index (χ1) is 15.4. The Bertz CT molecular complexity index is 883. The minimum absolute atomic E-state index is 0.0204. The first kappa shape index (κ1) is 25.8. The van der Waals surface area contributed by atoms with Gasteiger partial charge in [-0.25, -0.2) is 14.9 Å². The van der Waals surface area contributed by atoms with E-state index in [1.807, 2.05) is 11.5 Å². The summed E-state index contributed by atoms with van der Waals surface area (Å²) in [6, 6.07) is -0.0813. The summed E-state index contributed by atoms with van der Waals surface area (Å²) in [5.74, 6) is -0.131. The first-order valence-corrected chi connectivity index (χ1v) is 11.1. The number of anilines is 1. The summed E-state index contributed by atoms with van der Waals surface area (Å²) in [6.45, 7) is 3.82. The van der Waals surface area contributed by atoms with Crippen molar-refractivity contribution in [2.45, 2.75) is 32.4 Å². The minimum Gasteiger partial charge on any atom is -0.479 e. The van der Waals surface area contributed by atoms with Crippen LogP contribution < -0.4 is 15.6 Å². The molecule has 0 aliphatic rings. The number of nitrogen functional groups attached to an aromatic ring is 1. The van der Waals surface area contributed by atoms with Crippen LogP contribution >= 0.6 is 8.53 Å². The maximum absolute atomic E-state index is 11.5. The Morgan fingerprint density at radius 3 is 2.78 bits per heavy atom. The van der Waals surface area contributed by atoms with E-state index in [2.05, 4.69) is 20.0 Å². The van der Waals surface area contributed by atoms with Crippen molar-refractivity contribution in [3.63, 3.8) is 0 Å². The molecule has 2 heterocycles. The third-order valence-electron chi connectivity index (χ3n) is 4.30. The van der Waals surface area contributed by atoms with Gasteiger partial charge in [0.1, 0.15) is 6.29 Å². The van der Waals surface area contributed by atoms with Crippen LogP contribution in [0.1, 0.15) is 26.3 Å². The molecule has 0 amide bonds. The van der Waals surface area contributed by atoms with E-state index in [1.54, 1.807) is 20.4 Å². The number of nitrogens with one attached hydrogen (secondary N) is 1. The summed E-state index contributed by atoms with van der Waals surface area (Å²) in [5, 5.41) is 2.80. The molecule has 0 saturated heterocycles. The van der Waals surface area contributed by atoms with Gasteiger partial charge in [-0.15, -0.1) is 0 Å². The fourth-order valence-electron chi connectivity index (χ4n) is 2.80. The standard InChI is InChI=1S/C18H29N6O7P/c1-5-29-14(26)10-31-32(21-6-7-25)30-9-13(27-3)8-12(2)24-11-20-15-16(24)22-18(19)23-17(15)28-4/h7,11-13,21H,5-6,8-10H2,1-4H3,(H2,19,22,23). The van der Waals surface area contributed by atoms with Crippen molar-refractivity contribution in [1.29, 1.82) is 0 Å². The van der Waals surface area contributed by atoms with Crippen LogP contribution in [0.15, 0.2) is 6.33 Å². The van der Waals surface area contributed by atoms with E-state index < -0.39 is 14.5 Å². The van der Waals surface area contributed by atoms with Gasteiger partial charge in [-0.1, -0.05) is 0 Å². The molecule has 14 heteroatoms. The van der Waals surface area contributed by atoms with Crippen molar-refractivity contribution < 1.29 is 32.8 Å². The Labute approximate surface area is 186 Å². The fourth-order valence-corrected chi connectivity index (χ4v) is 3.81. The van der Waals surface area contributed by atoms with Crippen molar-refractivity contribution in [3.8, 4) is 5.88 Å². The average molecular weight is 472 g/mol. The van der Waals surface area contributed by atoms with Gasteiger partial charge in [-0.3, -0.25) is 0 Å². The summed E-state index contributed by atoms with van der Waals surface area (Å²) in [4.78, 5) is 34.8. The number of nitrogens with zero attached hydrogens (tertiary/aromatic N) is 4. The van der Waals surface area contributed by atoms with Crippen LogP contribution in [0.25, 0.3) is 11.2 Å². The molecule has 3 N–H and O–H groups in total. The molecule has 0 spiro atoms. The second-order valence-corrected chi connectivity index (χ2v) is 7.86. The van der Waals surface area contributed by atoms with Crippen LogP contribution in [0.5, 0.6) is 5.88 Å². The molecular formula is C18H29N6O7P. The van der Waals surface area contributed by atoms with Crippen LogP contribution in [0.4, 0.5) is 5.95 Å². The number of hydrogen-bond acceptors (Lipinski definition) is 12. The van der Waals surface area contributed by atoms with Crippen LogP contribution in [-0.4, -0.2) is 78.5 Å². The third kappa shape index (κ3) is 7.31. The lowest BCUT2D eigenvalue weighted by Gasteiger charge is -2.23. The Kier molecular flexibility index (Phi) is 10.6. The summed E-state index contributed by atoms with van der Waals surface area (Å²) in [6.07, 6.45) is 2.54. The van der Waals surface area contributed by atoms with Crippen molar-refractivity contribution in [3.05, 3.63) is 6.33 Å². The third-order valence-corrected chi connectivity index (χ3v) is 5.49. The summed E-state index contributed by atoms with van der Waals surface area (Å²) in [5.41, 5.74) is 6.83. The number of aldehydes is 1. The summed E-state index contributed by atoms with van der Waals surface area (Å²) < 4.78 is 28.6. The molecule has 3 unspecified atom stereocenters. The number of hydrogen-bond donors (Lipinski definition) is 2. The van der Waals surface area contributed by atoms with Gasteiger partial charge in [-0.05, 0) is 20.3 Å². The zero-order valence-electron chi connectivity index (χ0n) is 18.5. The van der Waals surface area contributed by atoms with Crippen LogP contribution in [-0.2, 0) is 28.1 Å². The topological polar surface area (TPSA) is 162 Å². The zero-order chi connectivity index (χ0) is 23.5. The number of ether oxygens (including phenoxy) is 3. The Morgan fingerprint density at radius 1 is 1.34 bits per heavy atom. The van der Waals surface area contributed by atoms with E-state index in [-0.39, 0.29) is 44.5 Å². The van der Waals surface area contributed by atoms with E-state index in [1.165, 1.54) is 7.11 Å². The van der Waals surface area contributed by atoms with Crippen molar-refractivity contribution in [2.24, 2.45) is 0 Å². The molecular weight excluding hydrogens is 443 g/mol. The SMILES string of the molecule is CCOC(=O)COP(NCC=O)OCC(CC(C)n1cnc2c(OC)nc(N)nc21)OC. The van der Waals surface area contributed by atoms with E-state index in [0.29, 0.717) is 29.8 Å². The molecule has 2 aromatic heterocycles. The first-order valence-electron chi connectivity index (χ1n) is 9.88. The largest absolute Gasteiger partial charge is 0.479 e. The molecule has 32 heavy (non-hydrogen) atoms. The van der Waals surface area contributed by atoms with Gasteiger partial charge in [0.2, 0.25) is 11.8 Å². The molecule has 0 aliphatic carbocycles. The molecule has 0 fully saturated rings. The van der Waals surface area contributed by atoms with Gasteiger partial charge in [0.05, 0.1) is 39.3 Å². The number of fused-ring (bicyclic) bond motifs is 1. The number of carbonyl (C=O) groups excluding carboxylic acids is 2. The average Bonchev–Trinajstić information content (AvgIpc) is 3.20. The molecule has 178 valence electrons. The van der Waals surface area contributed by atoms with E-state index in [9.17, 15) is 9.59 Å². The van der Waals surface area contributed by atoms with Gasteiger partial charge < -0.3 is 38.4 Å². The van der Waals surface area contributed by atoms with Gasteiger partial charge in [-0.2, -0.15) is 9.97 Å². The van der Waals surface area contributed by atoms with Gasteiger partial charge >= 0.3 is 5.97 Å². The number of methoxy groups -OCH3 is 2. The highest BCUT2D eigenvalue weighted by molar-refractivity contribution is 7.45. The van der Waals surface area contributed by atoms with Gasteiger partial charge in [0, 0.05) is 13.2 Å². The zero-order valence-corrected chi connectivity index (χ0v) is 19.4. The lowest BCUT2D eigenvalue weighted by Crippen LogP contribution is -2.24. The quantitative estimate of drug-likeness (QED) is 0.215. The van der Waals surface area contributed by atoms with Crippen molar-refractivity contribution in [2.75, 3.05) is 46.3 Å². The lowest BCUT2D eigenvalue weighted by molar-refractivity contribution is -0.145. The normalized spacial score (nSPS) is 14.1. The number of nitrogens with two attached hydrogens (primary N) is 1. The molecule has 2 rings (SSSR count). The highest BCUT2D eigenvalue weighted by Crippen LogP contribution is 2.34. The monoisotopic (exact) mass is 472 g/mol. The number of carbonyl (C=O) groups is 2. The Hall–Kier alpha value is -2.44. The van der Waals surface area contributed by atoms with Crippen molar-refractivity contribution >= 4 is 37.9 Å². The predicted octanol–water partition coefficient (Wildman–Crippen LogP) is 0.995. The molecule has 2 aromatic rings. The van der Waals surface area contributed by atoms with E-state index >= 15 is 0 Å². The van der Waals surface area contributed by atoms with E-state index in [0.717, 1.165) is 0 Å². The molecule has 0 aromatic carbocycles. The lowest BCUT2D eigenvalue weighted by atomic mass is 10.1.